The summed E-state index contributed by atoms with van der Waals surface area (Å²) in [4.78, 5) is 23.3. The average molecular weight is 314 g/mol. The molecular formula is C13H16BrNO3. The fraction of sp³-hybridized carbons (Fsp3) is 0.385. The zero-order valence-electron chi connectivity index (χ0n) is 10.4. The van der Waals surface area contributed by atoms with Gasteiger partial charge < -0.3 is 10.4 Å². The molecule has 0 aliphatic heterocycles. The van der Waals surface area contributed by atoms with Gasteiger partial charge in [0, 0.05) is 10.0 Å². The molecule has 0 atom stereocenters. The summed E-state index contributed by atoms with van der Waals surface area (Å²) in [7, 11) is 0. The van der Waals surface area contributed by atoms with Gasteiger partial charge in [0.2, 0.25) is 0 Å². The third-order valence-corrected chi connectivity index (χ3v) is 3.60. The summed E-state index contributed by atoms with van der Waals surface area (Å²) in [6.45, 7) is 3.50. The highest BCUT2D eigenvalue weighted by molar-refractivity contribution is 9.10. The van der Waals surface area contributed by atoms with Crippen molar-refractivity contribution < 1.29 is 14.7 Å². The van der Waals surface area contributed by atoms with Gasteiger partial charge in [-0.25, -0.2) is 4.79 Å². The number of carboxylic acid groups (broad SMARTS) is 1. The van der Waals surface area contributed by atoms with Crippen LogP contribution in [0.15, 0.2) is 28.7 Å². The number of amides is 1. The normalized spacial score (nSPS) is 11.1. The summed E-state index contributed by atoms with van der Waals surface area (Å²) < 4.78 is 0.870. The maximum Gasteiger partial charge on any atom is 0.329 e. The maximum atomic E-state index is 12.0. The smallest absolute Gasteiger partial charge is 0.329 e. The van der Waals surface area contributed by atoms with Gasteiger partial charge >= 0.3 is 5.97 Å². The summed E-state index contributed by atoms with van der Waals surface area (Å²) in [5, 5.41) is 11.9. The summed E-state index contributed by atoms with van der Waals surface area (Å²) in [5.74, 6) is -1.37. The monoisotopic (exact) mass is 313 g/mol. The molecule has 5 heteroatoms. The molecule has 0 aromatic heterocycles. The first-order valence-corrected chi connectivity index (χ1v) is 6.56. The van der Waals surface area contributed by atoms with Crippen LogP contribution in [-0.2, 0) is 4.79 Å². The van der Waals surface area contributed by atoms with Gasteiger partial charge in [-0.05, 0) is 37.1 Å². The van der Waals surface area contributed by atoms with Crippen LogP contribution in [-0.4, -0.2) is 22.5 Å². The van der Waals surface area contributed by atoms with Crippen LogP contribution in [0, 0.1) is 0 Å². The van der Waals surface area contributed by atoms with E-state index in [1.165, 1.54) is 0 Å². The number of nitrogens with one attached hydrogen (secondary N) is 1. The predicted molar refractivity (Wildman–Crippen MR) is 72.6 cm³/mol. The van der Waals surface area contributed by atoms with Gasteiger partial charge in [0.1, 0.15) is 5.54 Å². The molecule has 1 rings (SSSR count). The van der Waals surface area contributed by atoms with E-state index in [0.29, 0.717) is 18.4 Å². The lowest BCUT2D eigenvalue weighted by atomic mass is 9.92. The molecule has 2 N–H and O–H groups in total. The standard InChI is InChI=1S/C13H16BrNO3/c1-3-13(4-2,12(17)18)15-11(16)9-5-7-10(14)8-6-9/h5-8H,3-4H2,1-2H3,(H,15,16)(H,17,18). The van der Waals surface area contributed by atoms with Gasteiger partial charge in [0.15, 0.2) is 0 Å². The Morgan fingerprint density at radius 1 is 1.22 bits per heavy atom. The van der Waals surface area contributed by atoms with E-state index in [2.05, 4.69) is 21.2 Å². The molecule has 1 aromatic rings. The van der Waals surface area contributed by atoms with Crippen LogP contribution >= 0.6 is 15.9 Å². The Kier molecular flexibility index (Phi) is 4.90. The van der Waals surface area contributed by atoms with Crippen molar-refractivity contribution in [1.82, 2.24) is 5.32 Å². The lowest BCUT2D eigenvalue weighted by molar-refractivity contribution is -0.144. The van der Waals surface area contributed by atoms with Gasteiger partial charge in [-0.2, -0.15) is 0 Å². The number of halogens is 1. The van der Waals surface area contributed by atoms with Crippen molar-refractivity contribution in [2.45, 2.75) is 32.2 Å². The van der Waals surface area contributed by atoms with Gasteiger partial charge in [-0.3, -0.25) is 4.79 Å². The first kappa shape index (κ1) is 14.7. The van der Waals surface area contributed by atoms with E-state index in [1.54, 1.807) is 38.1 Å². The number of hydrogen-bond donors (Lipinski definition) is 2. The van der Waals surface area contributed by atoms with Crippen molar-refractivity contribution in [1.29, 1.82) is 0 Å². The molecule has 0 saturated heterocycles. The first-order chi connectivity index (χ1) is 8.45. The molecule has 0 heterocycles. The highest BCUT2D eigenvalue weighted by Gasteiger charge is 2.36. The molecule has 0 saturated carbocycles. The minimum Gasteiger partial charge on any atom is -0.480 e. The third kappa shape index (κ3) is 3.10. The van der Waals surface area contributed by atoms with E-state index in [-0.39, 0.29) is 5.91 Å². The second-order valence-corrected chi connectivity index (χ2v) is 4.97. The molecule has 0 fully saturated rings. The Morgan fingerprint density at radius 3 is 2.11 bits per heavy atom. The number of carbonyl (C=O) groups excluding carboxylic acids is 1. The van der Waals surface area contributed by atoms with E-state index in [9.17, 15) is 14.7 Å². The first-order valence-electron chi connectivity index (χ1n) is 5.76. The van der Waals surface area contributed by atoms with Gasteiger partial charge in [0.25, 0.3) is 5.91 Å². The minimum absolute atomic E-state index is 0.348. The van der Waals surface area contributed by atoms with Crippen LogP contribution in [0.5, 0.6) is 0 Å². The second kappa shape index (κ2) is 6.00. The number of benzene rings is 1. The molecule has 0 bridgehead atoms. The topological polar surface area (TPSA) is 66.4 Å². The van der Waals surface area contributed by atoms with Gasteiger partial charge in [0.05, 0.1) is 0 Å². The lowest BCUT2D eigenvalue weighted by Gasteiger charge is -2.28. The summed E-state index contributed by atoms with van der Waals surface area (Å²) in [5.41, 5.74) is -0.741. The average Bonchev–Trinajstić information content (AvgIpc) is 2.36. The van der Waals surface area contributed by atoms with E-state index in [4.69, 9.17) is 0 Å². The van der Waals surface area contributed by atoms with E-state index >= 15 is 0 Å². The molecule has 4 nitrogen and oxygen atoms in total. The highest BCUT2D eigenvalue weighted by atomic mass is 79.9. The van der Waals surface area contributed by atoms with Crippen molar-refractivity contribution in [2.75, 3.05) is 0 Å². The molecule has 0 radical (unpaired) electrons. The summed E-state index contributed by atoms with van der Waals surface area (Å²) in [6, 6.07) is 6.79. The Morgan fingerprint density at radius 2 is 1.72 bits per heavy atom. The number of carboxylic acids is 1. The minimum atomic E-state index is -1.19. The van der Waals surface area contributed by atoms with Gasteiger partial charge in [-0.15, -0.1) is 0 Å². The number of hydrogen-bond acceptors (Lipinski definition) is 2. The van der Waals surface area contributed by atoms with Crippen LogP contribution in [0.1, 0.15) is 37.0 Å². The Hall–Kier alpha value is -1.36. The summed E-state index contributed by atoms with van der Waals surface area (Å²) >= 11 is 3.28. The van der Waals surface area contributed by atoms with Crippen LogP contribution < -0.4 is 5.32 Å². The Bertz CT molecular complexity index is 438. The molecule has 18 heavy (non-hydrogen) atoms. The third-order valence-electron chi connectivity index (χ3n) is 3.08. The number of rotatable bonds is 5. The molecule has 0 aliphatic carbocycles. The van der Waals surface area contributed by atoms with Crippen LogP contribution in [0.3, 0.4) is 0 Å². The molecular weight excluding hydrogens is 298 g/mol. The lowest BCUT2D eigenvalue weighted by Crippen LogP contribution is -2.53. The van der Waals surface area contributed by atoms with Crippen LogP contribution in [0.25, 0.3) is 0 Å². The fourth-order valence-corrected chi connectivity index (χ4v) is 1.94. The Labute approximate surface area is 115 Å². The van der Waals surface area contributed by atoms with Crippen molar-refractivity contribution in [2.24, 2.45) is 0 Å². The van der Waals surface area contributed by atoms with Gasteiger partial charge in [-0.1, -0.05) is 29.8 Å². The van der Waals surface area contributed by atoms with E-state index < -0.39 is 11.5 Å². The zero-order valence-corrected chi connectivity index (χ0v) is 12.0. The molecule has 98 valence electrons. The predicted octanol–water partition coefficient (Wildman–Crippen LogP) is 2.82. The molecule has 1 amide bonds. The zero-order chi connectivity index (χ0) is 13.8. The molecule has 0 unspecified atom stereocenters. The summed E-state index contributed by atoms with van der Waals surface area (Å²) in [6.07, 6.45) is 0.697. The van der Waals surface area contributed by atoms with E-state index in [1.807, 2.05) is 0 Å². The Balaban J connectivity index is 2.91. The quantitative estimate of drug-likeness (QED) is 0.878. The molecule has 0 aliphatic rings. The number of carbonyl (C=O) groups is 2. The molecule has 1 aromatic carbocycles. The van der Waals surface area contributed by atoms with Crippen LogP contribution in [0.4, 0.5) is 0 Å². The van der Waals surface area contributed by atoms with Crippen molar-refractivity contribution in [3.05, 3.63) is 34.3 Å². The maximum absolute atomic E-state index is 12.0. The SMILES string of the molecule is CCC(CC)(NC(=O)c1ccc(Br)cc1)C(=O)O. The van der Waals surface area contributed by atoms with E-state index in [0.717, 1.165) is 4.47 Å². The number of aliphatic carboxylic acids is 1. The van der Waals surface area contributed by atoms with Crippen LogP contribution in [0.2, 0.25) is 0 Å². The largest absolute Gasteiger partial charge is 0.480 e. The molecule has 0 spiro atoms. The second-order valence-electron chi connectivity index (χ2n) is 4.06. The van der Waals surface area contributed by atoms with Crippen molar-refractivity contribution in [3.63, 3.8) is 0 Å². The van der Waals surface area contributed by atoms with Crippen molar-refractivity contribution >= 4 is 27.8 Å². The van der Waals surface area contributed by atoms with Crippen molar-refractivity contribution in [3.8, 4) is 0 Å². The highest BCUT2D eigenvalue weighted by Crippen LogP contribution is 2.17. The fourth-order valence-electron chi connectivity index (χ4n) is 1.67.